The van der Waals surface area contributed by atoms with Crippen molar-refractivity contribution >= 4 is 6.09 Å². The number of hydrogen-bond acceptors (Lipinski definition) is 3. The molecule has 2 saturated heterocycles. The zero-order valence-corrected chi connectivity index (χ0v) is 19.2. The van der Waals surface area contributed by atoms with Gasteiger partial charge in [0.2, 0.25) is 0 Å². The van der Waals surface area contributed by atoms with Crippen molar-refractivity contribution in [2.24, 2.45) is 0 Å². The molecule has 3 aliphatic rings. The van der Waals surface area contributed by atoms with Gasteiger partial charge in [-0.05, 0) is 65.3 Å². The van der Waals surface area contributed by atoms with Gasteiger partial charge in [0.1, 0.15) is 12.4 Å². The summed E-state index contributed by atoms with van der Waals surface area (Å²) in [6.07, 6.45) is 2.14. The van der Waals surface area contributed by atoms with Gasteiger partial charge in [-0.1, -0.05) is 54.6 Å². The molecule has 174 valence electrons. The number of aliphatic hydroxyl groups is 1. The summed E-state index contributed by atoms with van der Waals surface area (Å²) >= 11 is 0. The first kappa shape index (κ1) is 21.4. The highest BCUT2D eigenvalue weighted by molar-refractivity contribution is 5.79. The molecule has 0 radical (unpaired) electrons. The number of amides is 1. The van der Waals surface area contributed by atoms with E-state index in [9.17, 15) is 14.3 Å². The van der Waals surface area contributed by atoms with Crippen LogP contribution < -0.4 is 0 Å². The Bertz CT molecular complexity index is 1210. The van der Waals surface area contributed by atoms with E-state index in [1.807, 2.05) is 36.1 Å². The fourth-order valence-corrected chi connectivity index (χ4v) is 6.51. The van der Waals surface area contributed by atoms with Crippen molar-refractivity contribution in [1.82, 2.24) is 4.90 Å². The summed E-state index contributed by atoms with van der Waals surface area (Å²) in [7, 11) is 0. The molecule has 0 saturated carbocycles. The number of rotatable bonds is 3. The van der Waals surface area contributed by atoms with E-state index in [0.717, 1.165) is 18.4 Å². The van der Waals surface area contributed by atoms with Crippen LogP contribution in [0.2, 0.25) is 0 Å². The lowest BCUT2D eigenvalue weighted by molar-refractivity contribution is -0.0536. The smallest absolute Gasteiger partial charge is 0.410 e. The van der Waals surface area contributed by atoms with Crippen molar-refractivity contribution in [3.05, 3.63) is 94.8 Å². The number of benzene rings is 3. The lowest BCUT2D eigenvalue weighted by Crippen LogP contribution is -2.52. The minimum atomic E-state index is -1.13. The average Bonchev–Trinajstić information content (AvgIpc) is 3.31. The summed E-state index contributed by atoms with van der Waals surface area (Å²) in [5.74, 6) is -0.328. The third-order valence-electron chi connectivity index (χ3n) is 8.01. The van der Waals surface area contributed by atoms with Gasteiger partial charge in [-0.25, -0.2) is 9.18 Å². The number of hydrogen-bond donors (Lipinski definition) is 1. The van der Waals surface area contributed by atoms with Crippen molar-refractivity contribution in [2.45, 2.75) is 56.2 Å². The van der Waals surface area contributed by atoms with E-state index in [-0.39, 0.29) is 36.5 Å². The van der Waals surface area contributed by atoms with Gasteiger partial charge < -0.3 is 14.7 Å². The first-order valence-electron chi connectivity index (χ1n) is 12.1. The summed E-state index contributed by atoms with van der Waals surface area (Å²) in [5.41, 5.74) is 5.16. The Kier molecular flexibility index (Phi) is 4.99. The highest BCUT2D eigenvalue weighted by Crippen LogP contribution is 2.48. The van der Waals surface area contributed by atoms with Crippen molar-refractivity contribution in [3.63, 3.8) is 0 Å². The van der Waals surface area contributed by atoms with Gasteiger partial charge in [-0.15, -0.1) is 0 Å². The number of ether oxygens (including phenoxy) is 1. The minimum Gasteiger partial charge on any atom is -0.448 e. The molecular formula is C29H28FNO3. The number of halogens is 1. The first-order valence-corrected chi connectivity index (χ1v) is 12.1. The van der Waals surface area contributed by atoms with Crippen LogP contribution in [0.15, 0.2) is 66.7 Å². The molecule has 0 aromatic heterocycles. The minimum absolute atomic E-state index is 0.0191. The Morgan fingerprint density at radius 3 is 2.21 bits per heavy atom. The summed E-state index contributed by atoms with van der Waals surface area (Å²) in [4.78, 5) is 15.1. The Labute approximate surface area is 199 Å². The summed E-state index contributed by atoms with van der Waals surface area (Å²) in [5, 5.41) is 11.5. The maximum Gasteiger partial charge on any atom is 0.410 e. The number of piperidine rings is 1. The average molecular weight is 458 g/mol. The second-order valence-electron chi connectivity index (χ2n) is 10.00. The van der Waals surface area contributed by atoms with Crippen LogP contribution >= 0.6 is 0 Å². The molecule has 5 heteroatoms. The van der Waals surface area contributed by atoms with Gasteiger partial charge in [0.25, 0.3) is 0 Å². The Morgan fingerprint density at radius 1 is 1.00 bits per heavy atom. The molecule has 4 nitrogen and oxygen atoms in total. The van der Waals surface area contributed by atoms with Crippen molar-refractivity contribution in [2.75, 3.05) is 6.61 Å². The fraction of sp³-hybridized carbons (Fsp3) is 0.345. The second-order valence-corrected chi connectivity index (χ2v) is 10.00. The molecule has 1 amide bonds. The van der Waals surface area contributed by atoms with E-state index in [1.54, 1.807) is 6.07 Å². The van der Waals surface area contributed by atoms with Crippen LogP contribution in [0.25, 0.3) is 11.1 Å². The first-order chi connectivity index (χ1) is 16.4. The second kappa shape index (κ2) is 7.95. The van der Waals surface area contributed by atoms with Crippen LogP contribution in [0.1, 0.15) is 53.9 Å². The van der Waals surface area contributed by atoms with E-state index in [4.69, 9.17) is 4.74 Å². The summed E-state index contributed by atoms with van der Waals surface area (Å²) in [6, 6.07) is 21.0. The molecule has 2 bridgehead atoms. The topological polar surface area (TPSA) is 49.8 Å². The zero-order chi connectivity index (χ0) is 23.4. The maximum atomic E-state index is 14.0. The molecule has 2 unspecified atom stereocenters. The van der Waals surface area contributed by atoms with Crippen LogP contribution in [-0.4, -0.2) is 34.8 Å². The number of nitrogens with zero attached hydrogens (tertiary/aromatic N) is 1. The van der Waals surface area contributed by atoms with Gasteiger partial charge in [0.15, 0.2) is 0 Å². The van der Waals surface area contributed by atoms with Crippen molar-refractivity contribution < 1.29 is 19.0 Å². The monoisotopic (exact) mass is 457 g/mol. The van der Waals surface area contributed by atoms with E-state index in [2.05, 4.69) is 24.3 Å². The van der Waals surface area contributed by atoms with E-state index in [0.29, 0.717) is 18.4 Å². The molecular weight excluding hydrogens is 429 g/mol. The Balaban J connectivity index is 1.20. The van der Waals surface area contributed by atoms with Crippen molar-refractivity contribution in [1.29, 1.82) is 0 Å². The van der Waals surface area contributed by atoms with Crippen LogP contribution in [0.3, 0.4) is 0 Å². The Morgan fingerprint density at radius 2 is 1.59 bits per heavy atom. The predicted octanol–water partition coefficient (Wildman–Crippen LogP) is 5.90. The molecule has 34 heavy (non-hydrogen) atoms. The molecule has 3 aromatic rings. The van der Waals surface area contributed by atoms with Gasteiger partial charge in [-0.2, -0.15) is 0 Å². The zero-order valence-electron chi connectivity index (χ0n) is 19.2. The van der Waals surface area contributed by atoms with Crippen LogP contribution in [-0.2, 0) is 10.3 Å². The molecule has 2 fully saturated rings. The molecule has 2 heterocycles. The normalized spacial score (nSPS) is 25.2. The SMILES string of the molecule is Cc1ccc(F)cc1C1(O)CC2CCC(C1)N2C(=O)OCC1c2ccccc2-c2ccccc21. The van der Waals surface area contributed by atoms with Gasteiger partial charge in [0, 0.05) is 30.8 Å². The number of carbonyl (C=O) groups is 1. The van der Waals surface area contributed by atoms with Crippen molar-refractivity contribution in [3.8, 4) is 11.1 Å². The van der Waals surface area contributed by atoms with Gasteiger partial charge in [-0.3, -0.25) is 0 Å². The molecule has 2 atom stereocenters. The molecule has 1 aliphatic carbocycles. The Hall–Kier alpha value is -3.18. The van der Waals surface area contributed by atoms with Gasteiger partial charge in [0.05, 0.1) is 5.60 Å². The standard InChI is InChI=1S/C29H28FNO3/c1-18-10-11-19(30)14-27(18)29(33)15-20-12-13-21(16-29)31(20)28(32)34-17-26-24-8-4-2-6-22(24)23-7-3-5-9-25(23)26/h2-11,14,20-21,26,33H,12-13,15-17H2,1H3. The molecule has 1 N–H and O–H groups in total. The summed E-state index contributed by atoms with van der Waals surface area (Å²) in [6.45, 7) is 2.18. The highest BCUT2D eigenvalue weighted by atomic mass is 19.1. The van der Waals surface area contributed by atoms with Crippen LogP contribution in [0, 0.1) is 12.7 Å². The molecule has 6 rings (SSSR count). The molecule has 0 spiro atoms. The van der Waals surface area contributed by atoms with Crippen LogP contribution in [0.5, 0.6) is 0 Å². The number of aryl methyl sites for hydroxylation is 1. The predicted molar refractivity (Wildman–Crippen MR) is 128 cm³/mol. The number of fused-ring (bicyclic) bond motifs is 5. The third kappa shape index (κ3) is 3.33. The molecule has 2 aliphatic heterocycles. The van der Waals surface area contributed by atoms with Crippen LogP contribution in [0.4, 0.5) is 9.18 Å². The molecule has 3 aromatic carbocycles. The van der Waals surface area contributed by atoms with E-state index < -0.39 is 5.60 Å². The highest BCUT2D eigenvalue weighted by Gasteiger charge is 2.51. The third-order valence-corrected chi connectivity index (χ3v) is 8.01. The fourth-order valence-electron chi connectivity index (χ4n) is 6.51. The van der Waals surface area contributed by atoms with E-state index >= 15 is 0 Å². The maximum absolute atomic E-state index is 14.0. The largest absolute Gasteiger partial charge is 0.448 e. The van der Waals surface area contributed by atoms with Gasteiger partial charge >= 0.3 is 6.09 Å². The number of carbonyl (C=O) groups excluding carboxylic acids is 1. The summed E-state index contributed by atoms with van der Waals surface area (Å²) < 4.78 is 19.9. The lowest BCUT2D eigenvalue weighted by atomic mass is 9.79. The quantitative estimate of drug-likeness (QED) is 0.533. The lowest BCUT2D eigenvalue weighted by Gasteiger charge is -2.44. The van der Waals surface area contributed by atoms with E-state index in [1.165, 1.54) is 34.4 Å².